The van der Waals surface area contributed by atoms with E-state index in [4.69, 9.17) is 5.11 Å². The molecule has 2 amide bonds. The summed E-state index contributed by atoms with van der Waals surface area (Å²) in [6.07, 6.45) is 2.49. The van der Waals surface area contributed by atoms with Gasteiger partial charge in [-0.3, -0.25) is 4.90 Å². The molecule has 0 aromatic rings. The molecule has 19 heavy (non-hydrogen) atoms. The van der Waals surface area contributed by atoms with Crippen molar-refractivity contribution in [1.29, 1.82) is 0 Å². The van der Waals surface area contributed by atoms with E-state index in [1.165, 1.54) is 12.8 Å². The maximum Gasteiger partial charge on any atom is 0.326 e. The van der Waals surface area contributed by atoms with Crippen LogP contribution in [-0.4, -0.2) is 53.7 Å². The van der Waals surface area contributed by atoms with E-state index in [-0.39, 0.29) is 5.92 Å². The first kappa shape index (κ1) is 15.8. The van der Waals surface area contributed by atoms with E-state index < -0.39 is 18.0 Å². The van der Waals surface area contributed by atoms with Crippen molar-refractivity contribution in [3.8, 4) is 0 Å². The van der Waals surface area contributed by atoms with E-state index in [1.54, 1.807) is 13.8 Å². The summed E-state index contributed by atoms with van der Waals surface area (Å²) in [5, 5.41) is 14.2. The van der Waals surface area contributed by atoms with Crippen molar-refractivity contribution in [1.82, 2.24) is 15.5 Å². The number of carbonyl (C=O) groups excluding carboxylic acids is 1. The van der Waals surface area contributed by atoms with E-state index in [2.05, 4.69) is 22.5 Å². The van der Waals surface area contributed by atoms with Gasteiger partial charge in [0, 0.05) is 19.1 Å². The molecule has 1 aliphatic rings. The van der Waals surface area contributed by atoms with Crippen molar-refractivity contribution in [2.45, 2.75) is 45.7 Å². The molecule has 6 heteroatoms. The molecular weight excluding hydrogens is 246 g/mol. The van der Waals surface area contributed by atoms with Gasteiger partial charge in [-0.25, -0.2) is 9.59 Å². The third kappa shape index (κ3) is 5.46. The van der Waals surface area contributed by atoms with E-state index in [1.807, 2.05) is 0 Å². The Morgan fingerprint density at radius 1 is 1.37 bits per heavy atom. The molecule has 1 unspecified atom stereocenters. The van der Waals surface area contributed by atoms with Crippen molar-refractivity contribution in [3.05, 3.63) is 0 Å². The van der Waals surface area contributed by atoms with Crippen LogP contribution >= 0.6 is 0 Å². The lowest BCUT2D eigenvalue weighted by molar-refractivity contribution is -0.140. The van der Waals surface area contributed by atoms with Crippen LogP contribution in [0.25, 0.3) is 0 Å². The van der Waals surface area contributed by atoms with E-state index in [0.29, 0.717) is 12.6 Å². The van der Waals surface area contributed by atoms with Gasteiger partial charge in [0.2, 0.25) is 0 Å². The lowest BCUT2D eigenvalue weighted by Crippen LogP contribution is -2.49. The second-order valence-corrected chi connectivity index (χ2v) is 5.32. The Labute approximate surface area is 114 Å². The van der Waals surface area contributed by atoms with Gasteiger partial charge in [0.1, 0.15) is 6.04 Å². The largest absolute Gasteiger partial charge is 0.480 e. The van der Waals surface area contributed by atoms with Gasteiger partial charge >= 0.3 is 12.0 Å². The lowest BCUT2D eigenvalue weighted by Gasteiger charge is -2.21. The van der Waals surface area contributed by atoms with Crippen molar-refractivity contribution >= 4 is 12.0 Å². The van der Waals surface area contributed by atoms with Gasteiger partial charge in [-0.15, -0.1) is 0 Å². The van der Waals surface area contributed by atoms with Crippen molar-refractivity contribution in [2.75, 3.05) is 19.6 Å². The molecule has 0 bridgehead atoms. The number of likely N-dealkylation sites (N-methyl/N-ethyl adjacent to an activating group) is 1. The summed E-state index contributed by atoms with van der Waals surface area (Å²) < 4.78 is 0. The number of rotatable bonds is 8. The van der Waals surface area contributed by atoms with Gasteiger partial charge < -0.3 is 15.7 Å². The molecule has 6 nitrogen and oxygen atoms in total. The standard InChI is InChI=1S/C13H25N3O3/c1-4-16(10-5-6-10)8-7-14-13(19)15-11(9(2)3)12(17)18/h9-11H,4-8H2,1-3H3,(H,17,18)(H2,14,15,19). The Balaban J connectivity index is 2.24. The SMILES string of the molecule is CCN(CCNC(=O)NC(C(=O)O)C(C)C)C1CC1. The molecule has 0 heterocycles. The van der Waals surface area contributed by atoms with Crippen LogP contribution in [0.4, 0.5) is 4.79 Å². The van der Waals surface area contributed by atoms with Gasteiger partial charge in [0.15, 0.2) is 0 Å². The highest BCUT2D eigenvalue weighted by Gasteiger charge is 2.27. The Kier molecular flexibility index (Phi) is 6.08. The third-order valence-electron chi connectivity index (χ3n) is 3.37. The molecule has 1 saturated carbocycles. The highest BCUT2D eigenvalue weighted by Crippen LogP contribution is 2.25. The van der Waals surface area contributed by atoms with E-state index in [9.17, 15) is 9.59 Å². The zero-order valence-corrected chi connectivity index (χ0v) is 12.0. The maximum atomic E-state index is 11.6. The van der Waals surface area contributed by atoms with Crippen LogP contribution in [0.3, 0.4) is 0 Å². The second kappa shape index (κ2) is 7.33. The van der Waals surface area contributed by atoms with E-state index in [0.717, 1.165) is 13.1 Å². The summed E-state index contributed by atoms with van der Waals surface area (Å²) in [5.41, 5.74) is 0. The molecule has 0 aromatic carbocycles. The number of hydrogen-bond acceptors (Lipinski definition) is 3. The zero-order chi connectivity index (χ0) is 14.4. The number of carboxylic acids is 1. The molecule has 0 aromatic heterocycles. The number of amides is 2. The number of nitrogens with one attached hydrogen (secondary N) is 2. The number of urea groups is 1. The minimum Gasteiger partial charge on any atom is -0.480 e. The second-order valence-electron chi connectivity index (χ2n) is 5.32. The van der Waals surface area contributed by atoms with Crippen molar-refractivity contribution in [3.63, 3.8) is 0 Å². The lowest BCUT2D eigenvalue weighted by atomic mass is 10.1. The molecule has 1 fully saturated rings. The highest BCUT2D eigenvalue weighted by atomic mass is 16.4. The number of carbonyl (C=O) groups is 2. The van der Waals surface area contributed by atoms with Crippen LogP contribution in [-0.2, 0) is 4.79 Å². The topological polar surface area (TPSA) is 81.7 Å². The van der Waals surface area contributed by atoms with Crippen LogP contribution in [0.15, 0.2) is 0 Å². The third-order valence-corrected chi connectivity index (χ3v) is 3.37. The van der Waals surface area contributed by atoms with Crippen molar-refractivity contribution in [2.24, 2.45) is 5.92 Å². The zero-order valence-electron chi connectivity index (χ0n) is 12.0. The smallest absolute Gasteiger partial charge is 0.326 e. The van der Waals surface area contributed by atoms with Crippen molar-refractivity contribution < 1.29 is 14.7 Å². The molecule has 0 radical (unpaired) electrons. The fourth-order valence-electron chi connectivity index (χ4n) is 2.06. The van der Waals surface area contributed by atoms with Gasteiger partial charge in [-0.1, -0.05) is 20.8 Å². The molecule has 0 aliphatic heterocycles. The van der Waals surface area contributed by atoms with Gasteiger partial charge in [-0.05, 0) is 25.3 Å². The fourth-order valence-corrected chi connectivity index (χ4v) is 2.06. The fraction of sp³-hybridized carbons (Fsp3) is 0.846. The highest BCUT2D eigenvalue weighted by molar-refractivity contribution is 5.82. The quantitative estimate of drug-likeness (QED) is 0.612. The molecule has 3 N–H and O–H groups in total. The van der Waals surface area contributed by atoms with Crippen LogP contribution in [0.2, 0.25) is 0 Å². The predicted octanol–water partition coefficient (Wildman–Crippen LogP) is 0.879. The van der Waals surface area contributed by atoms with Crippen LogP contribution in [0.1, 0.15) is 33.6 Å². The number of nitrogens with zero attached hydrogens (tertiary/aromatic N) is 1. The molecule has 1 atom stereocenters. The minimum atomic E-state index is -1.00. The Bertz CT molecular complexity index is 316. The summed E-state index contributed by atoms with van der Waals surface area (Å²) in [6.45, 7) is 7.99. The summed E-state index contributed by atoms with van der Waals surface area (Å²) in [5.74, 6) is -1.14. The summed E-state index contributed by atoms with van der Waals surface area (Å²) in [7, 11) is 0. The van der Waals surface area contributed by atoms with Crippen LogP contribution < -0.4 is 10.6 Å². The first-order valence-corrected chi connectivity index (χ1v) is 6.97. The molecule has 0 spiro atoms. The number of hydrogen-bond donors (Lipinski definition) is 3. The molecule has 1 rings (SSSR count). The number of aliphatic carboxylic acids is 1. The monoisotopic (exact) mass is 271 g/mol. The van der Waals surface area contributed by atoms with Crippen LogP contribution in [0.5, 0.6) is 0 Å². The van der Waals surface area contributed by atoms with Gasteiger partial charge in [0.25, 0.3) is 0 Å². The minimum absolute atomic E-state index is 0.137. The van der Waals surface area contributed by atoms with Gasteiger partial charge in [-0.2, -0.15) is 0 Å². The summed E-state index contributed by atoms with van der Waals surface area (Å²) >= 11 is 0. The van der Waals surface area contributed by atoms with Gasteiger partial charge in [0.05, 0.1) is 0 Å². The summed E-state index contributed by atoms with van der Waals surface area (Å²) in [4.78, 5) is 24.9. The average molecular weight is 271 g/mol. The number of carboxylic acid groups (broad SMARTS) is 1. The maximum absolute atomic E-state index is 11.6. The average Bonchev–Trinajstić information content (AvgIpc) is 3.15. The first-order chi connectivity index (χ1) is 8.95. The van der Waals surface area contributed by atoms with Crippen LogP contribution in [0, 0.1) is 5.92 Å². The molecule has 0 saturated heterocycles. The molecule has 110 valence electrons. The Hall–Kier alpha value is -1.30. The predicted molar refractivity (Wildman–Crippen MR) is 73.1 cm³/mol. The first-order valence-electron chi connectivity index (χ1n) is 6.97. The summed E-state index contributed by atoms with van der Waals surface area (Å²) in [6, 6.07) is -0.573. The normalized spacial score (nSPS) is 16.5. The Morgan fingerprint density at radius 2 is 2.00 bits per heavy atom. The molecular formula is C13H25N3O3. The molecule has 1 aliphatic carbocycles. The van der Waals surface area contributed by atoms with E-state index >= 15 is 0 Å². The Morgan fingerprint density at radius 3 is 2.42 bits per heavy atom.